The zero-order valence-corrected chi connectivity index (χ0v) is 10.8. The van der Waals surface area contributed by atoms with Crippen molar-refractivity contribution < 1.29 is 14.2 Å². The molecule has 2 aromatic carbocycles. The maximum Gasteiger partial charge on any atom is 0.130 e. The van der Waals surface area contributed by atoms with Gasteiger partial charge in [0.1, 0.15) is 23.0 Å². The van der Waals surface area contributed by atoms with E-state index in [1.165, 1.54) is 0 Å². The van der Waals surface area contributed by atoms with Gasteiger partial charge in [0, 0.05) is 0 Å². The second-order valence-corrected chi connectivity index (χ2v) is 3.91. The first-order valence-corrected chi connectivity index (χ1v) is 5.69. The molecule has 0 aliphatic rings. The molecule has 2 aromatic rings. The van der Waals surface area contributed by atoms with Crippen molar-refractivity contribution in [3.63, 3.8) is 0 Å². The fraction of sp³-hybridized carbons (Fsp3) is 0.200. The van der Waals surface area contributed by atoms with E-state index in [-0.39, 0.29) is 0 Å². The van der Waals surface area contributed by atoms with Gasteiger partial charge in [-0.05, 0) is 55.0 Å². The topological polar surface area (TPSA) is 27.7 Å². The molecule has 0 amide bonds. The van der Waals surface area contributed by atoms with Crippen LogP contribution in [0.5, 0.6) is 23.0 Å². The Morgan fingerprint density at radius 2 is 1.28 bits per heavy atom. The summed E-state index contributed by atoms with van der Waals surface area (Å²) in [5.41, 5.74) is 1.03. The van der Waals surface area contributed by atoms with Crippen molar-refractivity contribution in [3.05, 3.63) is 48.0 Å². The zero-order valence-electron chi connectivity index (χ0n) is 10.8. The summed E-state index contributed by atoms with van der Waals surface area (Å²) in [6, 6.07) is 13.2. The molecule has 0 bridgehead atoms. The van der Waals surface area contributed by atoms with E-state index in [0.717, 1.165) is 28.6 Å². The number of ether oxygens (including phenoxy) is 3. The van der Waals surface area contributed by atoms with Crippen LogP contribution in [0, 0.1) is 6.92 Å². The Morgan fingerprint density at radius 1 is 0.722 bits per heavy atom. The van der Waals surface area contributed by atoms with Crippen LogP contribution in [-0.2, 0) is 0 Å². The van der Waals surface area contributed by atoms with Gasteiger partial charge in [-0.1, -0.05) is 0 Å². The normalized spacial score (nSPS) is 9.94. The number of benzene rings is 2. The molecule has 2 rings (SSSR count). The molecule has 0 radical (unpaired) electrons. The van der Waals surface area contributed by atoms with Gasteiger partial charge in [-0.15, -0.1) is 0 Å². The van der Waals surface area contributed by atoms with Crippen molar-refractivity contribution in [3.8, 4) is 23.0 Å². The van der Waals surface area contributed by atoms with Gasteiger partial charge >= 0.3 is 0 Å². The van der Waals surface area contributed by atoms with E-state index in [2.05, 4.69) is 0 Å². The Balaban J connectivity index is 2.17. The number of methoxy groups -OCH3 is 2. The maximum atomic E-state index is 5.80. The van der Waals surface area contributed by atoms with E-state index >= 15 is 0 Å². The van der Waals surface area contributed by atoms with Gasteiger partial charge in [-0.3, -0.25) is 0 Å². The minimum Gasteiger partial charge on any atom is -0.497 e. The lowest BCUT2D eigenvalue weighted by Crippen LogP contribution is -1.90. The summed E-state index contributed by atoms with van der Waals surface area (Å²) in [6.07, 6.45) is 0. The first-order chi connectivity index (χ1) is 8.72. The third kappa shape index (κ3) is 2.74. The molecule has 0 aliphatic carbocycles. The molecule has 0 N–H and O–H groups in total. The molecule has 18 heavy (non-hydrogen) atoms. The van der Waals surface area contributed by atoms with E-state index < -0.39 is 0 Å². The molecule has 0 saturated carbocycles. The van der Waals surface area contributed by atoms with Crippen LogP contribution >= 0.6 is 0 Å². The van der Waals surface area contributed by atoms with Gasteiger partial charge in [-0.2, -0.15) is 0 Å². The third-order valence-electron chi connectivity index (χ3n) is 2.67. The molecule has 0 fully saturated rings. The first kappa shape index (κ1) is 12.3. The van der Waals surface area contributed by atoms with Crippen molar-refractivity contribution >= 4 is 0 Å². The highest BCUT2D eigenvalue weighted by atomic mass is 16.5. The van der Waals surface area contributed by atoms with Crippen LogP contribution in [0.4, 0.5) is 0 Å². The monoisotopic (exact) mass is 244 g/mol. The maximum absolute atomic E-state index is 5.80. The lowest BCUT2D eigenvalue weighted by atomic mass is 10.2. The highest BCUT2D eigenvalue weighted by Gasteiger charge is 2.03. The fourth-order valence-electron chi connectivity index (χ4n) is 1.63. The second-order valence-electron chi connectivity index (χ2n) is 3.91. The Labute approximate surface area is 107 Å². The molecule has 3 heteroatoms. The van der Waals surface area contributed by atoms with Crippen LogP contribution in [0.1, 0.15) is 5.56 Å². The Morgan fingerprint density at radius 3 is 1.83 bits per heavy atom. The number of hydrogen-bond acceptors (Lipinski definition) is 3. The van der Waals surface area contributed by atoms with Crippen molar-refractivity contribution in [2.45, 2.75) is 6.92 Å². The average Bonchev–Trinajstić information content (AvgIpc) is 2.42. The molecular formula is C15H16O3. The predicted molar refractivity (Wildman–Crippen MR) is 70.8 cm³/mol. The first-order valence-electron chi connectivity index (χ1n) is 5.69. The highest BCUT2D eigenvalue weighted by Crippen LogP contribution is 2.28. The lowest BCUT2D eigenvalue weighted by molar-refractivity contribution is 0.410. The minimum atomic E-state index is 0.782. The molecule has 0 aromatic heterocycles. The summed E-state index contributed by atoms with van der Waals surface area (Å²) in [6.45, 7) is 1.99. The highest BCUT2D eigenvalue weighted by molar-refractivity contribution is 5.42. The van der Waals surface area contributed by atoms with Crippen molar-refractivity contribution in [2.24, 2.45) is 0 Å². The van der Waals surface area contributed by atoms with Crippen LogP contribution in [-0.4, -0.2) is 14.2 Å². The average molecular weight is 244 g/mol. The van der Waals surface area contributed by atoms with Crippen LogP contribution in [0.15, 0.2) is 42.5 Å². The lowest BCUT2D eigenvalue weighted by Gasteiger charge is -2.10. The molecule has 0 aliphatic heterocycles. The molecular weight excluding hydrogens is 228 g/mol. The van der Waals surface area contributed by atoms with Gasteiger partial charge in [-0.25, -0.2) is 0 Å². The van der Waals surface area contributed by atoms with Gasteiger partial charge < -0.3 is 14.2 Å². The van der Waals surface area contributed by atoms with Crippen LogP contribution in [0.3, 0.4) is 0 Å². The van der Waals surface area contributed by atoms with Crippen molar-refractivity contribution in [1.29, 1.82) is 0 Å². The largest absolute Gasteiger partial charge is 0.497 e. The smallest absolute Gasteiger partial charge is 0.130 e. The SMILES string of the molecule is COc1ccc(Oc2ccc(OC)cc2C)cc1. The summed E-state index contributed by atoms with van der Waals surface area (Å²) in [7, 11) is 3.29. The third-order valence-corrected chi connectivity index (χ3v) is 2.67. The molecule has 94 valence electrons. The number of hydrogen-bond donors (Lipinski definition) is 0. The molecule has 0 spiro atoms. The quantitative estimate of drug-likeness (QED) is 0.818. The van der Waals surface area contributed by atoms with Crippen molar-refractivity contribution in [2.75, 3.05) is 14.2 Å². The van der Waals surface area contributed by atoms with Crippen molar-refractivity contribution in [1.82, 2.24) is 0 Å². The van der Waals surface area contributed by atoms with E-state index in [1.807, 2.05) is 49.4 Å². The van der Waals surface area contributed by atoms with Gasteiger partial charge in [0.05, 0.1) is 14.2 Å². The molecule has 0 unspecified atom stereocenters. The van der Waals surface area contributed by atoms with Crippen LogP contribution < -0.4 is 14.2 Å². The standard InChI is InChI=1S/C15H16O3/c1-11-10-14(17-3)8-9-15(11)18-13-6-4-12(16-2)5-7-13/h4-10H,1-3H3. The molecule has 0 atom stereocenters. The molecule has 0 heterocycles. The molecule has 0 saturated heterocycles. The summed E-state index contributed by atoms with van der Waals surface area (Å²) in [5.74, 6) is 3.24. The minimum absolute atomic E-state index is 0.782. The Bertz CT molecular complexity index is 518. The van der Waals surface area contributed by atoms with E-state index in [1.54, 1.807) is 14.2 Å². The predicted octanol–water partition coefficient (Wildman–Crippen LogP) is 3.80. The second kappa shape index (κ2) is 5.45. The molecule has 3 nitrogen and oxygen atoms in total. The fourth-order valence-corrected chi connectivity index (χ4v) is 1.63. The van der Waals surface area contributed by atoms with E-state index in [4.69, 9.17) is 14.2 Å². The Kier molecular flexibility index (Phi) is 3.72. The summed E-state index contributed by atoms with van der Waals surface area (Å²) < 4.78 is 16.1. The number of aryl methyl sites for hydroxylation is 1. The summed E-state index contributed by atoms with van der Waals surface area (Å²) in [5, 5.41) is 0. The summed E-state index contributed by atoms with van der Waals surface area (Å²) in [4.78, 5) is 0. The van der Waals surface area contributed by atoms with E-state index in [0.29, 0.717) is 0 Å². The zero-order chi connectivity index (χ0) is 13.0. The van der Waals surface area contributed by atoms with Crippen LogP contribution in [0.2, 0.25) is 0 Å². The number of rotatable bonds is 4. The van der Waals surface area contributed by atoms with Crippen LogP contribution in [0.25, 0.3) is 0 Å². The van der Waals surface area contributed by atoms with Gasteiger partial charge in [0.2, 0.25) is 0 Å². The Hall–Kier alpha value is -2.16. The van der Waals surface area contributed by atoms with Gasteiger partial charge in [0.15, 0.2) is 0 Å². The van der Waals surface area contributed by atoms with E-state index in [9.17, 15) is 0 Å². The van der Waals surface area contributed by atoms with Gasteiger partial charge in [0.25, 0.3) is 0 Å². The summed E-state index contributed by atoms with van der Waals surface area (Å²) >= 11 is 0.